The average molecular weight is 676 g/mol. The summed E-state index contributed by atoms with van der Waals surface area (Å²) < 4.78 is 8.05. The number of hydrogen-bond acceptors (Lipinski definition) is 9. The van der Waals surface area contributed by atoms with Gasteiger partial charge >= 0.3 is 5.97 Å². The molecule has 47 heavy (non-hydrogen) atoms. The highest BCUT2D eigenvalue weighted by Crippen LogP contribution is 2.69. The lowest BCUT2D eigenvalue weighted by molar-refractivity contribution is -0.196. The molecule has 2 aromatic rings. The second-order valence-electron chi connectivity index (χ2n) is 14.3. The molecule has 3 fully saturated rings. The number of nitriles is 1. The van der Waals surface area contributed by atoms with Crippen molar-refractivity contribution in [1.82, 2.24) is 9.78 Å². The highest BCUT2D eigenvalue weighted by Gasteiger charge is 2.70. The van der Waals surface area contributed by atoms with E-state index in [9.17, 15) is 24.8 Å². The zero-order chi connectivity index (χ0) is 33.6. The van der Waals surface area contributed by atoms with Gasteiger partial charge in [0.15, 0.2) is 11.4 Å². The van der Waals surface area contributed by atoms with Crippen molar-refractivity contribution in [2.45, 2.75) is 90.3 Å². The van der Waals surface area contributed by atoms with E-state index in [1.165, 1.54) is 5.57 Å². The molecule has 8 nitrogen and oxygen atoms in total. The van der Waals surface area contributed by atoms with Gasteiger partial charge in [0.2, 0.25) is 5.12 Å². The van der Waals surface area contributed by atoms with Gasteiger partial charge in [-0.05, 0) is 104 Å². The number of aliphatic hydroxyl groups excluding tert-OH is 1. The molecule has 0 radical (unpaired) electrons. The fourth-order valence-electron chi connectivity index (χ4n) is 9.74. The van der Waals surface area contributed by atoms with Crippen molar-refractivity contribution in [3.8, 4) is 11.8 Å². The van der Waals surface area contributed by atoms with Crippen LogP contribution in [0.25, 0.3) is 11.8 Å². The Labute approximate surface area is 286 Å². The van der Waals surface area contributed by atoms with Crippen LogP contribution in [0.2, 0.25) is 0 Å². The lowest BCUT2D eigenvalue weighted by Gasteiger charge is -2.60. The van der Waals surface area contributed by atoms with E-state index in [0.717, 1.165) is 66.6 Å². The topological polar surface area (TPSA) is 122 Å². The lowest BCUT2D eigenvalue weighted by atomic mass is 9.45. The summed E-state index contributed by atoms with van der Waals surface area (Å²) in [7, 11) is 0. The van der Waals surface area contributed by atoms with Gasteiger partial charge in [-0.3, -0.25) is 14.4 Å². The number of aromatic nitrogens is 2. The molecule has 10 heteroatoms. The van der Waals surface area contributed by atoms with Crippen LogP contribution in [0.5, 0.6) is 0 Å². The molecule has 1 aromatic heterocycles. The number of allylic oxidation sites excluding steroid dienone is 1. The molecule has 1 aromatic carbocycles. The second kappa shape index (κ2) is 13.2. The zero-order valence-corrected chi connectivity index (χ0v) is 29.4. The first-order chi connectivity index (χ1) is 22.5. The van der Waals surface area contributed by atoms with Crippen molar-refractivity contribution in [1.29, 1.82) is 5.26 Å². The highest BCUT2D eigenvalue weighted by molar-refractivity contribution is 8.14. The summed E-state index contributed by atoms with van der Waals surface area (Å²) in [4.78, 5) is 39.4. The van der Waals surface area contributed by atoms with E-state index >= 15 is 0 Å². The van der Waals surface area contributed by atoms with Gasteiger partial charge in [-0.2, -0.15) is 22.1 Å². The molecule has 4 aliphatic rings. The first-order valence-electron chi connectivity index (χ1n) is 16.9. The molecule has 0 amide bonds. The van der Waals surface area contributed by atoms with Crippen LogP contribution >= 0.6 is 23.5 Å². The number of nitrogens with zero attached hydrogens (tertiary/aromatic N) is 3. The fraction of sp³-hybridized carbons (Fsp3) is 0.595. The van der Waals surface area contributed by atoms with E-state index in [0.29, 0.717) is 24.8 Å². The van der Waals surface area contributed by atoms with E-state index in [4.69, 9.17) is 9.84 Å². The Bertz CT molecular complexity index is 1650. The number of ether oxygens (including phenoxy) is 1. The molecule has 0 saturated heterocycles. The summed E-state index contributed by atoms with van der Waals surface area (Å²) in [5, 5.41) is 25.9. The summed E-state index contributed by atoms with van der Waals surface area (Å²) in [6.07, 6.45) is 11.1. The van der Waals surface area contributed by atoms with Gasteiger partial charge in [-0.25, -0.2) is 4.68 Å². The summed E-state index contributed by atoms with van der Waals surface area (Å²) in [6, 6.07) is 9.79. The van der Waals surface area contributed by atoms with E-state index in [1.807, 2.05) is 48.1 Å². The first-order valence-corrected chi connectivity index (χ1v) is 19.3. The number of fused-ring (bicyclic) bond motifs is 6. The minimum Gasteiger partial charge on any atom is -0.449 e. The number of aliphatic hydroxyl groups is 1. The van der Waals surface area contributed by atoms with E-state index in [2.05, 4.69) is 19.3 Å². The van der Waals surface area contributed by atoms with Gasteiger partial charge in [-0.15, -0.1) is 0 Å². The van der Waals surface area contributed by atoms with Crippen LogP contribution in [0.1, 0.15) is 93.8 Å². The smallest absolute Gasteiger partial charge is 0.306 e. The minimum atomic E-state index is -1.35. The molecule has 1 N–H and O–H groups in total. The molecule has 7 atom stereocenters. The maximum absolute atomic E-state index is 13.8. The number of esters is 1. The third-order valence-electron chi connectivity index (χ3n) is 11.9. The predicted molar refractivity (Wildman–Crippen MR) is 185 cm³/mol. The molecule has 3 saturated carbocycles. The molecular formula is C37H45N3O5S2. The third kappa shape index (κ3) is 5.60. The summed E-state index contributed by atoms with van der Waals surface area (Å²) in [5.74, 6) is 0.943. The second-order valence-corrected chi connectivity index (χ2v) is 16.2. The Balaban J connectivity index is 1.30. The largest absolute Gasteiger partial charge is 0.449 e. The van der Waals surface area contributed by atoms with E-state index in [1.54, 1.807) is 18.7 Å². The van der Waals surface area contributed by atoms with Crippen molar-refractivity contribution in [2.24, 2.45) is 28.6 Å². The van der Waals surface area contributed by atoms with E-state index < -0.39 is 23.1 Å². The highest BCUT2D eigenvalue weighted by atomic mass is 32.2. The van der Waals surface area contributed by atoms with Gasteiger partial charge in [-0.1, -0.05) is 50.2 Å². The summed E-state index contributed by atoms with van der Waals surface area (Å²) in [5.41, 5.74) is 2.68. The predicted octanol–water partition coefficient (Wildman–Crippen LogP) is 6.83. The molecule has 250 valence electrons. The number of ketones is 1. The van der Waals surface area contributed by atoms with Crippen molar-refractivity contribution in [3.63, 3.8) is 0 Å². The summed E-state index contributed by atoms with van der Waals surface area (Å²) >= 11 is 2.68. The molecule has 0 unspecified atom stereocenters. The molecule has 0 spiro atoms. The Hall–Kier alpha value is -2.87. The van der Waals surface area contributed by atoms with Gasteiger partial charge in [0.1, 0.15) is 0 Å². The number of hydrogen-bond donors (Lipinski definition) is 1. The standard InChI is InChI=1S/C37H45N3O5S2/c1-5-32(43)45-37(34(44)47-17-15-38)14-13-28-27-12-11-25-19-29-24(20-35(25,2)33(27)31(42)21-36(28,37)3)22-39-40(29)26-9-6-8-23(18-26)30(41)10-7-16-46-4/h6,8-9,18-19,22,27-28,31,33,42H,5,7,10-14,16-17,20-21H2,1-4H3/t27-,28-,31-,33+,35-,36-,37-/m0/s1. The quantitative estimate of drug-likeness (QED) is 0.164. The lowest BCUT2D eigenvalue weighted by Crippen LogP contribution is -2.62. The number of thioether (sulfide) groups is 2. The minimum absolute atomic E-state index is 0.000647. The van der Waals surface area contributed by atoms with E-state index in [-0.39, 0.29) is 46.2 Å². The third-order valence-corrected chi connectivity index (χ3v) is 13.4. The normalized spacial score (nSPS) is 32.2. The zero-order valence-electron chi connectivity index (χ0n) is 27.8. The number of Topliss-reactive ketones (excluding diaryl/α,β-unsaturated/α-hetero) is 1. The SMILES string of the molecule is CCC(=O)O[C@]1(C(=O)SCC#N)CC[C@H]2[C@@H]3CCC4=Cc5c(cnn5-c5cccc(C(=O)CCCSC)c5)C[C@]4(C)[C@H]3[C@@H](O)C[C@@]21C. The van der Waals surface area contributed by atoms with Gasteiger partial charge in [0, 0.05) is 23.8 Å². The molecule has 4 aliphatic carbocycles. The Kier molecular flexibility index (Phi) is 9.56. The van der Waals surface area contributed by atoms with Crippen LogP contribution in [0.4, 0.5) is 0 Å². The monoisotopic (exact) mass is 675 g/mol. The Morgan fingerprint density at radius 2 is 2.04 bits per heavy atom. The Morgan fingerprint density at radius 1 is 1.23 bits per heavy atom. The maximum atomic E-state index is 13.8. The molecule has 0 bridgehead atoms. The Morgan fingerprint density at radius 3 is 2.79 bits per heavy atom. The average Bonchev–Trinajstić information content (AvgIpc) is 3.59. The van der Waals surface area contributed by atoms with Gasteiger partial charge in [0.05, 0.1) is 35.5 Å². The number of benzene rings is 1. The van der Waals surface area contributed by atoms with Crippen molar-refractivity contribution >= 4 is 46.5 Å². The van der Waals surface area contributed by atoms with Crippen LogP contribution < -0.4 is 0 Å². The number of rotatable bonds is 10. The number of carbonyl (C=O) groups is 3. The van der Waals surface area contributed by atoms with Crippen LogP contribution in [0, 0.1) is 39.9 Å². The molecule has 0 aliphatic heterocycles. The van der Waals surface area contributed by atoms with Gasteiger partial charge < -0.3 is 9.84 Å². The van der Waals surface area contributed by atoms with Gasteiger partial charge in [0.25, 0.3) is 0 Å². The maximum Gasteiger partial charge on any atom is 0.306 e. The molecule has 1 heterocycles. The summed E-state index contributed by atoms with van der Waals surface area (Å²) in [6.45, 7) is 6.04. The molecular weight excluding hydrogens is 631 g/mol. The molecule has 6 rings (SSSR count). The van der Waals surface area contributed by atoms with Crippen molar-refractivity contribution in [3.05, 3.63) is 52.9 Å². The van der Waals surface area contributed by atoms with Crippen LogP contribution in [-0.2, 0) is 20.7 Å². The van der Waals surface area contributed by atoms with Crippen LogP contribution in [-0.4, -0.2) is 61.2 Å². The first kappa shape index (κ1) is 34.0. The van der Waals surface area contributed by atoms with Crippen molar-refractivity contribution in [2.75, 3.05) is 17.8 Å². The fourth-order valence-corrected chi connectivity index (χ4v) is 11.0. The van der Waals surface area contributed by atoms with Crippen LogP contribution in [0.3, 0.4) is 0 Å². The van der Waals surface area contributed by atoms with Crippen LogP contribution in [0.15, 0.2) is 36.0 Å². The number of carbonyl (C=O) groups excluding carboxylic acids is 3. The van der Waals surface area contributed by atoms with Crippen molar-refractivity contribution < 1.29 is 24.2 Å².